The Morgan fingerprint density at radius 2 is 1.81 bits per heavy atom. The molecule has 3 heterocycles. The SMILES string of the molecule is O=C(c1ccncc1)N1CCC[C@@H](c2nccnc2-c2ccccc2F)C1. The number of carbonyl (C=O) groups is 1. The molecule has 3 aromatic rings. The summed E-state index contributed by atoms with van der Waals surface area (Å²) in [7, 11) is 0. The van der Waals surface area contributed by atoms with Crippen LogP contribution in [-0.2, 0) is 0 Å². The van der Waals surface area contributed by atoms with Gasteiger partial charge in [0.15, 0.2) is 0 Å². The quantitative estimate of drug-likeness (QED) is 0.713. The van der Waals surface area contributed by atoms with Crippen LogP contribution in [0.15, 0.2) is 61.2 Å². The number of hydrogen-bond acceptors (Lipinski definition) is 4. The largest absolute Gasteiger partial charge is 0.338 e. The van der Waals surface area contributed by atoms with Crippen molar-refractivity contribution >= 4 is 5.91 Å². The van der Waals surface area contributed by atoms with Gasteiger partial charge in [0.05, 0.1) is 11.4 Å². The zero-order valence-electron chi connectivity index (χ0n) is 14.8. The Kier molecular flexibility index (Phi) is 4.87. The van der Waals surface area contributed by atoms with E-state index >= 15 is 0 Å². The van der Waals surface area contributed by atoms with Crippen molar-refractivity contribution in [3.8, 4) is 11.3 Å². The summed E-state index contributed by atoms with van der Waals surface area (Å²) >= 11 is 0. The molecule has 1 saturated heterocycles. The number of likely N-dealkylation sites (tertiary alicyclic amines) is 1. The minimum absolute atomic E-state index is 0.0153. The summed E-state index contributed by atoms with van der Waals surface area (Å²) in [6.07, 6.45) is 8.20. The number of rotatable bonds is 3. The first kappa shape index (κ1) is 17.3. The molecule has 2 aromatic heterocycles. The molecule has 0 N–H and O–H groups in total. The topological polar surface area (TPSA) is 59.0 Å². The molecule has 136 valence electrons. The second-order valence-corrected chi connectivity index (χ2v) is 6.60. The maximum atomic E-state index is 14.3. The molecule has 0 spiro atoms. The number of nitrogens with zero attached hydrogens (tertiary/aromatic N) is 4. The summed E-state index contributed by atoms with van der Waals surface area (Å²) in [5.41, 5.74) is 2.37. The van der Waals surface area contributed by atoms with Crippen molar-refractivity contribution < 1.29 is 9.18 Å². The van der Waals surface area contributed by atoms with Gasteiger partial charge >= 0.3 is 0 Å². The fourth-order valence-corrected chi connectivity index (χ4v) is 3.57. The minimum Gasteiger partial charge on any atom is -0.338 e. The number of piperidine rings is 1. The highest BCUT2D eigenvalue weighted by Gasteiger charge is 2.28. The maximum Gasteiger partial charge on any atom is 0.253 e. The van der Waals surface area contributed by atoms with Crippen molar-refractivity contribution in [2.75, 3.05) is 13.1 Å². The van der Waals surface area contributed by atoms with Gasteiger partial charge in [-0.15, -0.1) is 0 Å². The molecule has 1 aliphatic heterocycles. The zero-order chi connectivity index (χ0) is 18.6. The Balaban J connectivity index is 1.63. The summed E-state index contributed by atoms with van der Waals surface area (Å²) in [6, 6.07) is 10.0. The van der Waals surface area contributed by atoms with Gasteiger partial charge in [-0.05, 0) is 37.1 Å². The molecule has 0 saturated carbocycles. The monoisotopic (exact) mass is 362 g/mol. The van der Waals surface area contributed by atoms with E-state index in [-0.39, 0.29) is 17.6 Å². The van der Waals surface area contributed by atoms with Crippen LogP contribution in [0.25, 0.3) is 11.3 Å². The first-order valence-corrected chi connectivity index (χ1v) is 8.99. The van der Waals surface area contributed by atoms with Gasteiger partial charge < -0.3 is 4.90 Å². The normalized spacial score (nSPS) is 16.9. The van der Waals surface area contributed by atoms with Crippen molar-refractivity contribution in [2.45, 2.75) is 18.8 Å². The van der Waals surface area contributed by atoms with Crippen molar-refractivity contribution in [3.05, 3.63) is 78.3 Å². The summed E-state index contributed by atoms with van der Waals surface area (Å²) < 4.78 is 14.3. The molecule has 1 aliphatic rings. The predicted molar refractivity (Wildman–Crippen MR) is 99.5 cm³/mol. The molecular formula is C21H19FN4O. The average Bonchev–Trinajstić information content (AvgIpc) is 2.74. The standard InChI is InChI=1S/C21H19FN4O/c22-18-6-2-1-5-17(18)20-19(24-11-12-25-20)16-4-3-13-26(14-16)21(27)15-7-9-23-10-8-15/h1-2,5-12,16H,3-4,13-14H2/t16-/m1/s1. The molecule has 27 heavy (non-hydrogen) atoms. The number of hydrogen-bond donors (Lipinski definition) is 0. The Bertz CT molecular complexity index is 948. The molecule has 0 bridgehead atoms. The van der Waals surface area contributed by atoms with Gasteiger partial charge in [-0.25, -0.2) is 4.39 Å². The lowest BCUT2D eigenvalue weighted by molar-refractivity contribution is 0.0706. The van der Waals surface area contributed by atoms with Gasteiger partial charge in [-0.2, -0.15) is 0 Å². The zero-order valence-corrected chi connectivity index (χ0v) is 14.8. The second-order valence-electron chi connectivity index (χ2n) is 6.60. The first-order chi connectivity index (χ1) is 13.2. The summed E-state index contributed by atoms with van der Waals surface area (Å²) in [5.74, 6) is -0.314. The van der Waals surface area contributed by atoms with Crippen LogP contribution in [0.2, 0.25) is 0 Å². The summed E-state index contributed by atoms with van der Waals surface area (Å²) in [6.45, 7) is 1.24. The van der Waals surface area contributed by atoms with Gasteiger partial charge in [0, 0.05) is 54.9 Å². The Labute approximate surface area is 156 Å². The molecule has 1 amide bonds. The molecule has 1 fully saturated rings. The predicted octanol–water partition coefficient (Wildman–Crippen LogP) is 3.70. The highest BCUT2D eigenvalue weighted by molar-refractivity contribution is 5.94. The van der Waals surface area contributed by atoms with E-state index < -0.39 is 0 Å². The van der Waals surface area contributed by atoms with E-state index in [1.807, 2.05) is 4.90 Å². The van der Waals surface area contributed by atoms with E-state index in [0.717, 1.165) is 18.5 Å². The van der Waals surface area contributed by atoms with Crippen LogP contribution >= 0.6 is 0 Å². The molecular weight excluding hydrogens is 343 g/mol. The number of aromatic nitrogens is 3. The minimum atomic E-state index is -0.320. The molecule has 6 heteroatoms. The fraction of sp³-hybridized carbons (Fsp3) is 0.238. The van der Waals surface area contributed by atoms with E-state index in [2.05, 4.69) is 15.0 Å². The van der Waals surface area contributed by atoms with Crippen molar-refractivity contribution in [3.63, 3.8) is 0 Å². The molecule has 1 aromatic carbocycles. The number of halogens is 1. The van der Waals surface area contributed by atoms with Crippen LogP contribution in [0.3, 0.4) is 0 Å². The van der Waals surface area contributed by atoms with Crippen LogP contribution in [0.1, 0.15) is 34.8 Å². The molecule has 5 nitrogen and oxygen atoms in total. The van der Waals surface area contributed by atoms with E-state index in [0.29, 0.717) is 29.9 Å². The van der Waals surface area contributed by atoms with Crippen LogP contribution in [0.5, 0.6) is 0 Å². The molecule has 0 radical (unpaired) electrons. The van der Waals surface area contributed by atoms with Crippen LogP contribution < -0.4 is 0 Å². The molecule has 1 atom stereocenters. The summed E-state index contributed by atoms with van der Waals surface area (Å²) in [4.78, 5) is 27.5. The second kappa shape index (κ2) is 7.61. The average molecular weight is 362 g/mol. The van der Waals surface area contributed by atoms with Crippen molar-refractivity contribution in [1.82, 2.24) is 19.9 Å². The van der Waals surface area contributed by atoms with Gasteiger partial charge in [-0.1, -0.05) is 12.1 Å². The first-order valence-electron chi connectivity index (χ1n) is 8.99. The molecule has 0 unspecified atom stereocenters. The van der Waals surface area contributed by atoms with Gasteiger partial charge in [-0.3, -0.25) is 19.7 Å². The third kappa shape index (κ3) is 3.56. The molecule has 0 aliphatic carbocycles. The third-order valence-corrected chi connectivity index (χ3v) is 4.88. The van der Waals surface area contributed by atoms with Crippen molar-refractivity contribution in [2.24, 2.45) is 0 Å². The van der Waals surface area contributed by atoms with E-state index in [1.165, 1.54) is 6.07 Å². The Morgan fingerprint density at radius 3 is 2.63 bits per heavy atom. The van der Waals surface area contributed by atoms with Crippen LogP contribution in [-0.4, -0.2) is 38.8 Å². The Morgan fingerprint density at radius 1 is 1.04 bits per heavy atom. The van der Waals surface area contributed by atoms with Crippen LogP contribution in [0.4, 0.5) is 4.39 Å². The third-order valence-electron chi connectivity index (χ3n) is 4.88. The lowest BCUT2D eigenvalue weighted by Gasteiger charge is -2.33. The van der Waals surface area contributed by atoms with E-state index in [4.69, 9.17) is 0 Å². The van der Waals surface area contributed by atoms with Gasteiger partial charge in [0.25, 0.3) is 5.91 Å². The lowest BCUT2D eigenvalue weighted by Crippen LogP contribution is -2.39. The number of carbonyl (C=O) groups excluding carboxylic acids is 1. The number of amides is 1. The Hall–Kier alpha value is -3.15. The highest BCUT2D eigenvalue weighted by atomic mass is 19.1. The summed E-state index contributed by atoms with van der Waals surface area (Å²) in [5, 5.41) is 0. The fourth-order valence-electron chi connectivity index (χ4n) is 3.57. The highest BCUT2D eigenvalue weighted by Crippen LogP contribution is 2.33. The number of benzene rings is 1. The number of pyridine rings is 1. The smallest absolute Gasteiger partial charge is 0.253 e. The van der Waals surface area contributed by atoms with Gasteiger partial charge in [0.1, 0.15) is 5.82 Å². The lowest BCUT2D eigenvalue weighted by atomic mass is 9.91. The van der Waals surface area contributed by atoms with Crippen LogP contribution in [0, 0.1) is 5.82 Å². The van der Waals surface area contributed by atoms with Crippen molar-refractivity contribution in [1.29, 1.82) is 0 Å². The van der Waals surface area contributed by atoms with E-state index in [1.54, 1.807) is 55.1 Å². The van der Waals surface area contributed by atoms with Gasteiger partial charge in [0.2, 0.25) is 0 Å². The molecule has 4 rings (SSSR count). The maximum absolute atomic E-state index is 14.3. The van der Waals surface area contributed by atoms with E-state index in [9.17, 15) is 9.18 Å².